The molecule has 0 bridgehead atoms. The summed E-state index contributed by atoms with van der Waals surface area (Å²) in [6, 6.07) is 0. The molecule has 0 aromatic rings. The molecule has 0 heterocycles. The molecule has 1 N–H and O–H groups in total. The van der Waals surface area contributed by atoms with Gasteiger partial charge in [-0.05, 0) is 25.3 Å². The SMILES string of the molecule is CCC(C)CS(=O)(=O)C(C)CNCC(C)C. The van der Waals surface area contributed by atoms with Gasteiger partial charge < -0.3 is 5.32 Å². The molecule has 0 aliphatic rings. The van der Waals surface area contributed by atoms with Gasteiger partial charge in [0.15, 0.2) is 9.84 Å². The second-order valence-corrected chi connectivity index (χ2v) is 7.67. The quantitative estimate of drug-likeness (QED) is 0.716. The van der Waals surface area contributed by atoms with E-state index < -0.39 is 9.84 Å². The summed E-state index contributed by atoms with van der Waals surface area (Å²) < 4.78 is 23.9. The fourth-order valence-electron chi connectivity index (χ4n) is 1.38. The smallest absolute Gasteiger partial charge is 0.154 e. The first kappa shape index (κ1) is 15.9. The maximum atomic E-state index is 11.9. The number of rotatable bonds is 8. The Kier molecular flexibility index (Phi) is 7.24. The van der Waals surface area contributed by atoms with Gasteiger partial charge in [-0.2, -0.15) is 0 Å². The number of sulfone groups is 1. The zero-order valence-corrected chi connectivity index (χ0v) is 12.1. The third kappa shape index (κ3) is 6.48. The van der Waals surface area contributed by atoms with E-state index in [4.69, 9.17) is 0 Å². The van der Waals surface area contributed by atoms with Crippen LogP contribution in [0.15, 0.2) is 0 Å². The average Bonchev–Trinajstić information content (AvgIpc) is 2.16. The molecule has 0 aromatic heterocycles. The topological polar surface area (TPSA) is 46.2 Å². The van der Waals surface area contributed by atoms with Gasteiger partial charge in [0.05, 0.1) is 11.0 Å². The van der Waals surface area contributed by atoms with Crippen LogP contribution in [0.1, 0.15) is 41.0 Å². The van der Waals surface area contributed by atoms with E-state index in [1.807, 2.05) is 13.8 Å². The van der Waals surface area contributed by atoms with Crippen LogP contribution in [0.5, 0.6) is 0 Å². The molecule has 0 rings (SSSR count). The summed E-state index contributed by atoms with van der Waals surface area (Å²) in [5, 5.41) is 2.93. The molecule has 16 heavy (non-hydrogen) atoms. The second-order valence-electron chi connectivity index (χ2n) is 5.21. The van der Waals surface area contributed by atoms with Gasteiger partial charge in [0.2, 0.25) is 0 Å². The number of hydrogen-bond donors (Lipinski definition) is 1. The Hall–Kier alpha value is -0.0900. The lowest BCUT2D eigenvalue weighted by Crippen LogP contribution is -2.35. The lowest BCUT2D eigenvalue weighted by molar-refractivity contribution is 0.526. The minimum Gasteiger partial charge on any atom is -0.315 e. The van der Waals surface area contributed by atoms with Crippen molar-refractivity contribution in [2.24, 2.45) is 11.8 Å². The van der Waals surface area contributed by atoms with Crippen molar-refractivity contribution in [3.8, 4) is 0 Å². The van der Waals surface area contributed by atoms with Crippen LogP contribution in [0.2, 0.25) is 0 Å². The third-order valence-electron chi connectivity index (χ3n) is 2.81. The molecule has 0 aromatic carbocycles. The first-order valence-electron chi connectivity index (χ1n) is 6.21. The van der Waals surface area contributed by atoms with Crippen molar-refractivity contribution >= 4 is 9.84 Å². The van der Waals surface area contributed by atoms with Crippen LogP contribution in [-0.4, -0.2) is 32.5 Å². The molecule has 0 saturated heterocycles. The Morgan fingerprint density at radius 2 is 1.62 bits per heavy atom. The van der Waals surface area contributed by atoms with E-state index in [0.29, 0.717) is 18.2 Å². The van der Waals surface area contributed by atoms with Gasteiger partial charge in [0.1, 0.15) is 0 Å². The molecule has 2 unspecified atom stereocenters. The Balaban J connectivity index is 4.09. The fraction of sp³-hybridized carbons (Fsp3) is 1.00. The molecular formula is C12H27NO2S. The van der Waals surface area contributed by atoms with Crippen molar-refractivity contribution in [1.29, 1.82) is 0 Å². The average molecular weight is 249 g/mol. The van der Waals surface area contributed by atoms with E-state index in [2.05, 4.69) is 19.2 Å². The maximum Gasteiger partial charge on any atom is 0.154 e. The van der Waals surface area contributed by atoms with E-state index in [-0.39, 0.29) is 11.2 Å². The van der Waals surface area contributed by atoms with Gasteiger partial charge in [0.25, 0.3) is 0 Å². The molecule has 0 aliphatic heterocycles. The molecule has 98 valence electrons. The van der Waals surface area contributed by atoms with Crippen LogP contribution >= 0.6 is 0 Å². The van der Waals surface area contributed by atoms with Gasteiger partial charge >= 0.3 is 0 Å². The van der Waals surface area contributed by atoms with Crippen LogP contribution in [0.25, 0.3) is 0 Å². The normalized spacial score (nSPS) is 16.4. The fourth-order valence-corrected chi connectivity index (χ4v) is 3.11. The Morgan fingerprint density at radius 3 is 2.06 bits per heavy atom. The highest BCUT2D eigenvalue weighted by Gasteiger charge is 2.22. The molecule has 0 amide bonds. The van der Waals surface area contributed by atoms with Gasteiger partial charge in [-0.15, -0.1) is 0 Å². The third-order valence-corrected chi connectivity index (χ3v) is 5.24. The van der Waals surface area contributed by atoms with E-state index in [1.54, 1.807) is 6.92 Å². The summed E-state index contributed by atoms with van der Waals surface area (Å²) in [5.74, 6) is 1.13. The molecule has 0 saturated carbocycles. The van der Waals surface area contributed by atoms with Crippen LogP contribution < -0.4 is 5.32 Å². The van der Waals surface area contributed by atoms with Crippen molar-refractivity contribution in [2.75, 3.05) is 18.8 Å². The minimum atomic E-state index is -2.93. The highest BCUT2D eigenvalue weighted by molar-refractivity contribution is 7.92. The van der Waals surface area contributed by atoms with Crippen LogP contribution in [0.4, 0.5) is 0 Å². The van der Waals surface area contributed by atoms with Crippen molar-refractivity contribution in [2.45, 2.75) is 46.3 Å². The summed E-state index contributed by atoms with van der Waals surface area (Å²) in [6.45, 7) is 11.5. The largest absolute Gasteiger partial charge is 0.315 e. The molecule has 0 aliphatic carbocycles. The van der Waals surface area contributed by atoms with Crippen molar-refractivity contribution in [3.05, 3.63) is 0 Å². The standard InChI is InChI=1S/C12H27NO2S/c1-6-11(4)9-16(14,15)12(5)8-13-7-10(2)3/h10-13H,6-9H2,1-5H3. The van der Waals surface area contributed by atoms with E-state index in [0.717, 1.165) is 13.0 Å². The van der Waals surface area contributed by atoms with E-state index in [9.17, 15) is 8.42 Å². The van der Waals surface area contributed by atoms with Gasteiger partial charge in [-0.1, -0.05) is 34.1 Å². The summed E-state index contributed by atoms with van der Waals surface area (Å²) in [7, 11) is -2.93. The zero-order valence-electron chi connectivity index (χ0n) is 11.3. The minimum absolute atomic E-state index is 0.262. The zero-order chi connectivity index (χ0) is 12.8. The predicted octanol–water partition coefficient (Wildman–Crippen LogP) is 2.08. The Bertz CT molecular complexity index is 273. The van der Waals surface area contributed by atoms with Crippen LogP contribution in [0, 0.1) is 11.8 Å². The summed E-state index contributed by atoms with van der Waals surface area (Å²) >= 11 is 0. The summed E-state index contributed by atoms with van der Waals surface area (Å²) in [6.07, 6.45) is 0.922. The van der Waals surface area contributed by atoms with Crippen molar-refractivity contribution in [3.63, 3.8) is 0 Å². The van der Waals surface area contributed by atoms with Crippen molar-refractivity contribution < 1.29 is 8.42 Å². The molecule has 4 heteroatoms. The van der Waals surface area contributed by atoms with E-state index in [1.165, 1.54) is 0 Å². The highest BCUT2D eigenvalue weighted by atomic mass is 32.2. The van der Waals surface area contributed by atoms with Crippen LogP contribution in [0.3, 0.4) is 0 Å². The first-order chi connectivity index (χ1) is 7.29. The van der Waals surface area contributed by atoms with Crippen molar-refractivity contribution in [1.82, 2.24) is 5.32 Å². The molecule has 0 fully saturated rings. The molecular weight excluding hydrogens is 222 g/mol. The predicted molar refractivity (Wildman–Crippen MR) is 70.4 cm³/mol. The molecule has 3 nitrogen and oxygen atoms in total. The first-order valence-corrected chi connectivity index (χ1v) is 7.93. The lowest BCUT2D eigenvalue weighted by Gasteiger charge is -2.17. The monoisotopic (exact) mass is 249 g/mol. The Morgan fingerprint density at radius 1 is 1.06 bits per heavy atom. The summed E-state index contributed by atoms with van der Waals surface area (Å²) in [5.41, 5.74) is 0. The maximum absolute atomic E-state index is 11.9. The summed E-state index contributed by atoms with van der Waals surface area (Å²) in [4.78, 5) is 0. The number of hydrogen-bond acceptors (Lipinski definition) is 3. The van der Waals surface area contributed by atoms with Gasteiger partial charge in [-0.25, -0.2) is 8.42 Å². The van der Waals surface area contributed by atoms with E-state index >= 15 is 0 Å². The Labute approximate surface area is 101 Å². The van der Waals surface area contributed by atoms with Gasteiger partial charge in [0, 0.05) is 6.54 Å². The molecule has 0 spiro atoms. The van der Waals surface area contributed by atoms with Crippen LogP contribution in [-0.2, 0) is 9.84 Å². The highest BCUT2D eigenvalue weighted by Crippen LogP contribution is 2.10. The molecule has 2 atom stereocenters. The number of nitrogens with one attached hydrogen (secondary N) is 1. The molecule has 0 radical (unpaired) electrons. The van der Waals surface area contributed by atoms with Gasteiger partial charge in [-0.3, -0.25) is 0 Å². The second kappa shape index (κ2) is 7.28. The lowest BCUT2D eigenvalue weighted by atomic mass is 10.2.